The van der Waals surface area contributed by atoms with E-state index in [0.29, 0.717) is 16.7 Å². The van der Waals surface area contributed by atoms with E-state index < -0.39 is 0 Å². The number of H-pyrrole nitrogens is 1. The first-order valence-corrected chi connectivity index (χ1v) is 8.55. The van der Waals surface area contributed by atoms with Crippen LogP contribution < -0.4 is 5.56 Å². The Morgan fingerprint density at radius 3 is 2.86 bits per heavy atom. The zero-order valence-electron chi connectivity index (χ0n) is 12.5. The van der Waals surface area contributed by atoms with Crippen molar-refractivity contribution < 1.29 is 4.79 Å². The Morgan fingerprint density at radius 1 is 1.36 bits per heavy atom. The average Bonchev–Trinajstić information content (AvgIpc) is 3.14. The van der Waals surface area contributed by atoms with Gasteiger partial charge in [-0.25, -0.2) is 0 Å². The predicted octanol–water partition coefficient (Wildman–Crippen LogP) is 1.08. The Kier molecular flexibility index (Phi) is 4.47. The van der Waals surface area contributed by atoms with Crippen LogP contribution >= 0.6 is 11.8 Å². The first-order chi connectivity index (χ1) is 10.7. The van der Waals surface area contributed by atoms with Crippen molar-refractivity contribution in [2.24, 2.45) is 0 Å². The van der Waals surface area contributed by atoms with Crippen molar-refractivity contribution in [1.82, 2.24) is 24.5 Å². The fraction of sp³-hybridized carbons (Fsp3) is 0.571. The maximum absolute atomic E-state index is 12.1. The number of likely N-dealkylation sites (tertiary alicyclic amines) is 1. The molecule has 0 bridgehead atoms. The second-order valence-corrected chi connectivity index (χ2v) is 6.34. The lowest BCUT2D eigenvalue weighted by Gasteiger charge is -2.14. The number of hydrogen-bond donors (Lipinski definition) is 1. The summed E-state index contributed by atoms with van der Waals surface area (Å²) in [4.78, 5) is 28.3. The Hall–Kier alpha value is -1.83. The van der Waals surface area contributed by atoms with Gasteiger partial charge in [0.15, 0.2) is 5.16 Å². The summed E-state index contributed by atoms with van der Waals surface area (Å²) < 4.78 is 1.84. The molecule has 3 rings (SSSR count). The molecule has 0 aromatic carbocycles. The summed E-state index contributed by atoms with van der Waals surface area (Å²) in [6, 6.07) is 1.58. The van der Waals surface area contributed by atoms with Gasteiger partial charge in [-0.3, -0.25) is 19.0 Å². The van der Waals surface area contributed by atoms with Crippen LogP contribution in [0.4, 0.5) is 0 Å². The van der Waals surface area contributed by atoms with Gasteiger partial charge in [0, 0.05) is 24.8 Å². The van der Waals surface area contributed by atoms with Crippen LogP contribution in [0.3, 0.4) is 0 Å². The molecule has 1 amide bonds. The van der Waals surface area contributed by atoms with Crippen LogP contribution in [0.5, 0.6) is 0 Å². The maximum Gasteiger partial charge on any atom is 0.252 e. The van der Waals surface area contributed by atoms with E-state index in [4.69, 9.17) is 0 Å². The molecule has 7 nitrogen and oxygen atoms in total. The number of rotatable bonds is 5. The molecule has 1 N–H and O–H groups in total. The van der Waals surface area contributed by atoms with E-state index in [-0.39, 0.29) is 11.5 Å². The molecule has 0 spiro atoms. The molecule has 1 saturated heterocycles. The number of fused-ring (bicyclic) bond motifs is 1. The van der Waals surface area contributed by atoms with Gasteiger partial charge in [-0.15, -0.1) is 10.2 Å². The minimum absolute atomic E-state index is 0.140. The van der Waals surface area contributed by atoms with E-state index in [1.807, 2.05) is 9.30 Å². The molecule has 118 valence electrons. The summed E-state index contributed by atoms with van der Waals surface area (Å²) in [5.41, 5.74) is 0.704. The lowest BCUT2D eigenvalue weighted by Crippen LogP contribution is -2.29. The number of carbonyl (C=O) groups excluding carboxylic acids is 1. The van der Waals surface area contributed by atoms with Crippen LogP contribution in [-0.4, -0.2) is 49.2 Å². The van der Waals surface area contributed by atoms with Gasteiger partial charge in [-0.2, -0.15) is 0 Å². The molecule has 0 atom stereocenters. The highest BCUT2D eigenvalue weighted by Crippen LogP contribution is 2.19. The summed E-state index contributed by atoms with van der Waals surface area (Å²) in [5, 5.41) is 8.78. The van der Waals surface area contributed by atoms with Crippen LogP contribution in [0.1, 0.15) is 31.9 Å². The van der Waals surface area contributed by atoms with Gasteiger partial charge in [0.2, 0.25) is 11.7 Å². The molecular formula is C14H19N5O2S. The quantitative estimate of drug-likeness (QED) is 0.833. The van der Waals surface area contributed by atoms with Crippen molar-refractivity contribution in [1.29, 1.82) is 0 Å². The Morgan fingerprint density at radius 2 is 2.14 bits per heavy atom. The van der Waals surface area contributed by atoms with Crippen LogP contribution in [0, 0.1) is 0 Å². The number of amides is 1. The number of hydrogen-bond acceptors (Lipinski definition) is 5. The minimum Gasteiger partial charge on any atom is -0.342 e. The smallest absolute Gasteiger partial charge is 0.252 e. The first-order valence-electron chi connectivity index (χ1n) is 7.57. The lowest BCUT2D eigenvalue weighted by molar-refractivity contribution is -0.127. The zero-order chi connectivity index (χ0) is 15.5. The minimum atomic E-state index is -0.173. The van der Waals surface area contributed by atoms with Crippen molar-refractivity contribution in [2.45, 2.75) is 37.8 Å². The number of aromatic nitrogens is 4. The van der Waals surface area contributed by atoms with E-state index in [1.165, 1.54) is 11.8 Å². The molecule has 1 fully saturated rings. The SMILES string of the molecule is CCCc1cc(=O)[nH]c2nnc(SCC(=O)N3CCCC3)n12. The van der Waals surface area contributed by atoms with Crippen molar-refractivity contribution in [2.75, 3.05) is 18.8 Å². The summed E-state index contributed by atoms with van der Waals surface area (Å²) in [6.45, 7) is 3.77. The highest BCUT2D eigenvalue weighted by atomic mass is 32.2. The van der Waals surface area contributed by atoms with E-state index in [1.54, 1.807) is 6.07 Å². The fourth-order valence-corrected chi connectivity index (χ4v) is 3.56. The van der Waals surface area contributed by atoms with Gasteiger partial charge in [0.25, 0.3) is 5.56 Å². The lowest BCUT2D eigenvalue weighted by atomic mass is 10.2. The Bertz CT molecular complexity index is 732. The number of thioether (sulfide) groups is 1. The fourth-order valence-electron chi connectivity index (χ4n) is 2.69. The molecule has 1 aliphatic heterocycles. The summed E-state index contributed by atoms with van der Waals surface area (Å²) in [6.07, 6.45) is 3.87. The van der Waals surface area contributed by atoms with E-state index in [9.17, 15) is 9.59 Å². The number of carbonyl (C=O) groups is 1. The normalized spacial score (nSPS) is 14.9. The molecule has 0 radical (unpaired) electrons. The van der Waals surface area contributed by atoms with Gasteiger partial charge in [0.05, 0.1) is 5.75 Å². The van der Waals surface area contributed by atoms with Crippen LogP contribution in [0.2, 0.25) is 0 Å². The molecule has 8 heteroatoms. The van der Waals surface area contributed by atoms with E-state index in [2.05, 4.69) is 22.1 Å². The van der Waals surface area contributed by atoms with Crippen LogP contribution in [0.25, 0.3) is 5.78 Å². The van der Waals surface area contributed by atoms with E-state index >= 15 is 0 Å². The molecule has 0 saturated carbocycles. The first kappa shape index (κ1) is 15.1. The van der Waals surface area contributed by atoms with Crippen LogP contribution in [-0.2, 0) is 11.2 Å². The predicted molar refractivity (Wildman–Crippen MR) is 84.1 cm³/mol. The highest BCUT2D eigenvalue weighted by Gasteiger charge is 2.19. The van der Waals surface area contributed by atoms with Gasteiger partial charge in [-0.1, -0.05) is 25.1 Å². The zero-order valence-corrected chi connectivity index (χ0v) is 13.4. The van der Waals surface area contributed by atoms with Gasteiger partial charge >= 0.3 is 0 Å². The molecular weight excluding hydrogens is 302 g/mol. The number of nitrogens with one attached hydrogen (secondary N) is 1. The molecule has 1 aliphatic rings. The molecule has 0 aliphatic carbocycles. The van der Waals surface area contributed by atoms with Crippen molar-refractivity contribution in [3.63, 3.8) is 0 Å². The van der Waals surface area contributed by atoms with Crippen molar-refractivity contribution in [3.8, 4) is 0 Å². The number of aromatic amines is 1. The third-order valence-electron chi connectivity index (χ3n) is 3.74. The van der Waals surface area contributed by atoms with Crippen molar-refractivity contribution >= 4 is 23.4 Å². The molecule has 0 unspecified atom stereocenters. The number of aryl methyl sites for hydroxylation is 1. The monoisotopic (exact) mass is 321 g/mol. The molecule has 2 aromatic heterocycles. The molecule has 2 aromatic rings. The Labute approximate surface area is 132 Å². The standard InChI is InChI=1S/C14H19N5O2S/c1-2-5-10-8-11(20)15-13-16-17-14(19(10)13)22-9-12(21)18-6-3-4-7-18/h8H,2-7,9H2,1H3,(H,15,16,20). The van der Waals surface area contributed by atoms with Crippen LogP contribution in [0.15, 0.2) is 16.0 Å². The summed E-state index contributed by atoms with van der Waals surface area (Å²) >= 11 is 1.37. The van der Waals surface area contributed by atoms with Gasteiger partial charge < -0.3 is 4.90 Å². The number of nitrogens with zero attached hydrogens (tertiary/aromatic N) is 4. The molecule has 3 heterocycles. The maximum atomic E-state index is 12.1. The summed E-state index contributed by atoms with van der Waals surface area (Å²) in [5.74, 6) is 0.929. The third kappa shape index (κ3) is 3.01. The highest BCUT2D eigenvalue weighted by molar-refractivity contribution is 7.99. The third-order valence-corrected chi connectivity index (χ3v) is 4.66. The average molecular weight is 321 g/mol. The summed E-state index contributed by atoms with van der Waals surface area (Å²) in [7, 11) is 0. The topological polar surface area (TPSA) is 83.4 Å². The second-order valence-electron chi connectivity index (χ2n) is 5.39. The van der Waals surface area contributed by atoms with Gasteiger partial charge in [-0.05, 0) is 19.3 Å². The van der Waals surface area contributed by atoms with Crippen molar-refractivity contribution in [3.05, 3.63) is 22.1 Å². The largest absolute Gasteiger partial charge is 0.342 e. The second kappa shape index (κ2) is 6.51. The van der Waals surface area contributed by atoms with E-state index in [0.717, 1.165) is 44.5 Å². The van der Waals surface area contributed by atoms with Gasteiger partial charge in [0.1, 0.15) is 0 Å². The molecule has 22 heavy (non-hydrogen) atoms. The Balaban J connectivity index is 1.81.